The van der Waals surface area contributed by atoms with E-state index in [1.807, 2.05) is 12.1 Å². The number of benzene rings is 2. The summed E-state index contributed by atoms with van der Waals surface area (Å²) in [6.45, 7) is -0.177. The van der Waals surface area contributed by atoms with Crippen molar-refractivity contribution in [1.29, 1.82) is 0 Å². The number of fused-ring (bicyclic) bond motifs is 2. The number of aryl methyl sites for hydroxylation is 2. The Hall–Kier alpha value is -3.35. The van der Waals surface area contributed by atoms with Crippen LogP contribution in [0.4, 0.5) is 0 Å². The normalized spacial score (nSPS) is 15.6. The van der Waals surface area contributed by atoms with Gasteiger partial charge in [-0.15, -0.1) is 0 Å². The number of esters is 1. The van der Waals surface area contributed by atoms with E-state index in [1.54, 1.807) is 36.2 Å². The molecule has 0 aliphatic heterocycles. The number of likely N-dealkylation sites (N-methyl/N-ethyl adjacent to an activating group) is 1. The van der Waals surface area contributed by atoms with Gasteiger partial charge in [-0.3, -0.25) is 14.2 Å². The predicted octanol–water partition coefficient (Wildman–Crippen LogP) is 3.06. The van der Waals surface area contributed by atoms with Crippen LogP contribution in [0.15, 0.2) is 57.7 Å². The summed E-state index contributed by atoms with van der Waals surface area (Å²) in [5.41, 5.74) is 3.53. The molecule has 1 atom stereocenters. The van der Waals surface area contributed by atoms with Crippen LogP contribution in [0.2, 0.25) is 0 Å². The first-order chi connectivity index (χ1) is 14.5. The Labute approximate surface area is 173 Å². The molecule has 4 rings (SSSR count). The summed E-state index contributed by atoms with van der Waals surface area (Å²) in [5, 5.41) is 0. The van der Waals surface area contributed by atoms with E-state index in [0.717, 1.165) is 24.8 Å². The third kappa shape index (κ3) is 4.01. The van der Waals surface area contributed by atoms with Crippen LogP contribution < -0.4 is 5.76 Å². The smallest absolute Gasteiger partial charge is 0.419 e. The number of carbonyl (C=O) groups is 2. The van der Waals surface area contributed by atoms with Crippen LogP contribution >= 0.6 is 0 Å². The highest BCUT2D eigenvalue weighted by Gasteiger charge is 2.27. The Morgan fingerprint density at radius 2 is 1.93 bits per heavy atom. The fraction of sp³-hybridized carbons (Fsp3) is 0.348. The minimum absolute atomic E-state index is 0.00276. The second kappa shape index (κ2) is 8.57. The van der Waals surface area contributed by atoms with Crippen molar-refractivity contribution >= 4 is 23.0 Å². The van der Waals surface area contributed by atoms with Crippen molar-refractivity contribution in [2.75, 3.05) is 13.7 Å². The van der Waals surface area contributed by atoms with E-state index >= 15 is 0 Å². The average molecular weight is 408 g/mol. The molecule has 0 saturated heterocycles. The highest BCUT2D eigenvalue weighted by molar-refractivity contribution is 5.81. The lowest BCUT2D eigenvalue weighted by atomic mass is 9.87. The molecule has 0 unspecified atom stereocenters. The molecular weight excluding hydrogens is 384 g/mol. The molecule has 0 fully saturated rings. The Morgan fingerprint density at radius 1 is 1.17 bits per heavy atom. The Kier molecular flexibility index (Phi) is 5.70. The van der Waals surface area contributed by atoms with Gasteiger partial charge in [-0.1, -0.05) is 36.4 Å². The van der Waals surface area contributed by atoms with E-state index in [1.165, 1.54) is 10.1 Å². The SMILES string of the molecule is CN(C(=O)COC(=O)CCn1c(=O)oc2ccccc21)[C@H]1CCCc2ccccc21. The van der Waals surface area contributed by atoms with Crippen LogP contribution in [0, 0.1) is 0 Å². The summed E-state index contributed by atoms with van der Waals surface area (Å²) in [5.74, 6) is -1.29. The highest BCUT2D eigenvalue weighted by atomic mass is 16.5. The van der Waals surface area contributed by atoms with Crippen LogP contribution in [0.1, 0.15) is 36.4 Å². The number of rotatable bonds is 6. The summed E-state index contributed by atoms with van der Waals surface area (Å²) in [4.78, 5) is 38.4. The predicted molar refractivity (Wildman–Crippen MR) is 111 cm³/mol. The summed E-state index contributed by atoms with van der Waals surface area (Å²) in [6.07, 6.45) is 2.91. The second-order valence-corrected chi connectivity index (χ2v) is 7.51. The number of hydrogen-bond donors (Lipinski definition) is 0. The number of oxazole rings is 1. The van der Waals surface area contributed by atoms with Crippen molar-refractivity contribution in [3.63, 3.8) is 0 Å². The van der Waals surface area contributed by atoms with Crippen LogP contribution in [0.3, 0.4) is 0 Å². The quantitative estimate of drug-likeness (QED) is 0.586. The maximum Gasteiger partial charge on any atom is 0.419 e. The molecular formula is C23H24N2O5. The van der Waals surface area contributed by atoms with E-state index in [2.05, 4.69) is 12.1 Å². The minimum Gasteiger partial charge on any atom is -0.456 e. The van der Waals surface area contributed by atoms with Gasteiger partial charge in [0, 0.05) is 13.6 Å². The van der Waals surface area contributed by atoms with Crippen LogP contribution in [-0.2, 0) is 27.3 Å². The molecule has 0 spiro atoms. The van der Waals surface area contributed by atoms with Crippen molar-refractivity contribution in [2.24, 2.45) is 0 Å². The lowest BCUT2D eigenvalue weighted by Gasteiger charge is -2.33. The first-order valence-electron chi connectivity index (χ1n) is 10.1. The molecule has 30 heavy (non-hydrogen) atoms. The van der Waals surface area contributed by atoms with E-state index in [-0.39, 0.29) is 31.5 Å². The van der Waals surface area contributed by atoms with Gasteiger partial charge in [0.25, 0.3) is 5.91 Å². The van der Waals surface area contributed by atoms with Crippen molar-refractivity contribution < 1.29 is 18.7 Å². The number of ether oxygens (including phenoxy) is 1. The summed E-state index contributed by atoms with van der Waals surface area (Å²) in [7, 11) is 1.75. The molecule has 0 saturated carbocycles. The number of carbonyl (C=O) groups excluding carboxylic acids is 2. The fourth-order valence-corrected chi connectivity index (χ4v) is 4.05. The topological polar surface area (TPSA) is 81.8 Å². The van der Waals surface area contributed by atoms with Gasteiger partial charge < -0.3 is 14.1 Å². The number of aromatic nitrogens is 1. The third-order valence-corrected chi connectivity index (χ3v) is 5.67. The third-order valence-electron chi connectivity index (χ3n) is 5.67. The molecule has 1 aromatic heterocycles. The number of hydrogen-bond acceptors (Lipinski definition) is 5. The largest absolute Gasteiger partial charge is 0.456 e. The van der Waals surface area contributed by atoms with Gasteiger partial charge in [0.2, 0.25) is 0 Å². The zero-order valence-corrected chi connectivity index (χ0v) is 16.9. The molecule has 156 valence electrons. The molecule has 0 radical (unpaired) electrons. The van der Waals surface area contributed by atoms with Crippen molar-refractivity contribution in [3.05, 3.63) is 70.2 Å². The Morgan fingerprint density at radius 3 is 2.80 bits per heavy atom. The first-order valence-corrected chi connectivity index (χ1v) is 10.1. The maximum atomic E-state index is 12.6. The molecule has 7 heteroatoms. The van der Waals surface area contributed by atoms with Gasteiger partial charge in [0.05, 0.1) is 18.0 Å². The lowest BCUT2D eigenvalue weighted by Crippen LogP contribution is -2.36. The van der Waals surface area contributed by atoms with Gasteiger partial charge >= 0.3 is 11.7 Å². The van der Waals surface area contributed by atoms with E-state index in [4.69, 9.17) is 9.15 Å². The van der Waals surface area contributed by atoms with E-state index in [9.17, 15) is 14.4 Å². The van der Waals surface area contributed by atoms with Gasteiger partial charge in [-0.25, -0.2) is 4.79 Å². The summed E-state index contributed by atoms with van der Waals surface area (Å²) < 4.78 is 11.7. The van der Waals surface area contributed by atoms with Crippen molar-refractivity contribution in [2.45, 2.75) is 38.3 Å². The molecule has 3 aromatic rings. The van der Waals surface area contributed by atoms with Crippen LogP contribution in [0.5, 0.6) is 0 Å². The molecule has 0 bridgehead atoms. The highest BCUT2D eigenvalue weighted by Crippen LogP contribution is 2.33. The first kappa shape index (κ1) is 19.9. The minimum atomic E-state index is -0.530. The molecule has 1 amide bonds. The molecule has 1 aliphatic rings. The van der Waals surface area contributed by atoms with Gasteiger partial charge in [0.1, 0.15) is 0 Å². The summed E-state index contributed by atoms with van der Waals surface area (Å²) in [6, 6.07) is 15.2. The van der Waals surface area contributed by atoms with E-state index in [0.29, 0.717) is 11.1 Å². The zero-order chi connectivity index (χ0) is 21.1. The number of amides is 1. The monoisotopic (exact) mass is 408 g/mol. The second-order valence-electron chi connectivity index (χ2n) is 7.51. The van der Waals surface area contributed by atoms with Crippen molar-refractivity contribution in [1.82, 2.24) is 9.47 Å². The molecule has 2 aromatic carbocycles. The standard InChI is InChI=1S/C23H24N2O5/c1-24(18-11-6-8-16-7-2-3-9-17(16)18)21(26)15-29-22(27)13-14-25-19-10-4-5-12-20(19)30-23(25)28/h2-5,7,9-10,12,18H,6,8,11,13-15H2,1H3/t18-/m0/s1. The molecule has 1 aliphatic carbocycles. The van der Waals surface area contributed by atoms with E-state index < -0.39 is 11.7 Å². The lowest BCUT2D eigenvalue weighted by molar-refractivity contribution is -0.152. The van der Waals surface area contributed by atoms with Gasteiger partial charge in [0.15, 0.2) is 12.2 Å². The van der Waals surface area contributed by atoms with Gasteiger partial charge in [-0.05, 0) is 42.5 Å². The number of nitrogens with zero attached hydrogens (tertiary/aromatic N) is 2. The molecule has 1 heterocycles. The fourth-order valence-electron chi connectivity index (χ4n) is 4.05. The van der Waals surface area contributed by atoms with Crippen LogP contribution in [0.25, 0.3) is 11.1 Å². The van der Waals surface area contributed by atoms with Crippen molar-refractivity contribution in [3.8, 4) is 0 Å². The zero-order valence-electron chi connectivity index (χ0n) is 16.9. The van der Waals surface area contributed by atoms with Crippen LogP contribution in [-0.4, -0.2) is 35.0 Å². The molecule has 7 nitrogen and oxygen atoms in total. The molecule has 0 N–H and O–H groups in total. The average Bonchev–Trinajstić information content (AvgIpc) is 3.10. The number of para-hydroxylation sites is 2. The summed E-state index contributed by atoms with van der Waals surface area (Å²) >= 11 is 0. The van der Waals surface area contributed by atoms with Gasteiger partial charge in [-0.2, -0.15) is 0 Å². The Balaban J connectivity index is 1.32. The Bertz CT molecular complexity index is 1130. The maximum absolute atomic E-state index is 12.6.